The van der Waals surface area contributed by atoms with E-state index < -0.39 is 10.0 Å². The van der Waals surface area contributed by atoms with Gasteiger partial charge in [0.2, 0.25) is 10.0 Å². The summed E-state index contributed by atoms with van der Waals surface area (Å²) in [6.45, 7) is 3.19. The first-order valence-corrected chi connectivity index (χ1v) is 11.5. The second-order valence-corrected chi connectivity index (χ2v) is 10.0. The van der Waals surface area contributed by atoms with Gasteiger partial charge < -0.3 is 0 Å². The van der Waals surface area contributed by atoms with Crippen LogP contribution in [0.5, 0.6) is 0 Å². The van der Waals surface area contributed by atoms with Crippen molar-refractivity contribution in [2.45, 2.75) is 49.6 Å². The zero-order valence-corrected chi connectivity index (χ0v) is 16.4. The molecule has 3 aliphatic rings. The van der Waals surface area contributed by atoms with Gasteiger partial charge in [-0.05, 0) is 66.5 Å². The van der Waals surface area contributed by atoms with Crippen LogP contribution in [0.4, 0.5) is 0 Å². The third-order valence-electron chi connectivity index (χ3n) is 6.46. The lowest BCUT2D eigenvalue weighted by atomic mass is 9.92. The highest BCUT2D eigenvalue weighted by Crippen LogP contribution is 2.30. The molecule has 1 fully saturated rings. The molecular weight excluding hydrogens is 356 g/mol. The predicted octanol–water partition coefficient (Wildman–Crippen LogP) is 3.00. The Kier molecular flexibility index (Phi) is 4.34. The van der Waals surface area contributed by atoms with E-state index in [-0.39, 0.29) is 0 Å². The molecule has 0 N–H and O–H groups in total. The normalized spacial score (nSPS) is 21.3. The van der Waals surface area contributed by atoms with Crippen LogP contribution in [0.25, 0.3) is 0 Å². The lowest BCUT2D eigenvalue weighted by Crippen LogP contribution is -2.61. The molecule has 0 saturated carbocycles. The fraction of sp³-hybridized carbons (Fsp3) is 0.455. The second kappa shape index (κ2) is 6.73. The van der Waals surface area contributed by atoms with Crippen LogP contribution < -0.4 is 0 Å². The predicted molar refractivity (Wildman–Crippen MR) is 106 cm³/mol. The maximum atomic E-state index is 13.0. The minimum Gasteiger partial charge on any atom is -0.293 e. The molecular formula is C22H26N2O2S. The maximum absolute atomic E-state index is 13.0. The summed E-state index contributed by atoms with van der Waals surface area (Å²) in [6.07, 6.45) is 5.53. The van der Waals surface area contributed by atoms with Gasteiger partial charge in [0.25, 0.3) is 0 Å². The summed E-state index contributed by atoms with van der Waals surface area (Å²) in [6, 6.07) is 14.7. The van der Waals surface area contributed by atoms with E-state index >= 15 is 0 Å². The molecule has 0 amide bonds. The molecule has 5 heteroatoms. The first-order chi connectivity index (χ1) is 13.1. The van der Waals surface area contributed by atoms with E-state index in [0.29, 0.717) is 24.0 Å². The Morgan fingerprint density at radius 2 is 1.52 bits per heavy atom. The minimum atomic E-state index is -3.36. The van der Waals surface area contributed by atoms with E-state index in [4.69, 9.17) is 0 Å². The Hall–Kier alpha value is -1.69. The molecule has 2 aromatic rings. The van der Waals surface area contributed by atoms with Crippen molar-refractivity contribution in [1.29, 1.82) is 0 Å². The molecule has 5 rings (SSSR count). The van der Waals surface area contributed by atoms with Gasteiger partial charge in [0.05, 0.1) is 4.90 Å². The summed E-state index contributed by atoms with van der Waals surface area (Å²) >= 11 is 0. The summed E-state index contributed by atoms with van der Waals surface area (Å²) in [7, 11) is -3.36. The number of benzene rings is 2. The topological polar surface area (TPSA) is 40.6 Å². The van der Waals surface area contributed by atoms with Crippen molar-refractivity contribution in [3.63, 3.8) is 0 Å². The van der Waals surface area contributed by atoms with Crippen molar-refractivity contribution in [1.82, 2.24) is 9.21 Å². The Balaban J connectivity index is 1.28. The van der Waals surface area contributed by atoms with Gasteiger partial charge >= 0.3 is 0 Å². The largest absolute Gasteiger partial charge is 0.293 e. The van der Waals surface area contributed by atoms with Crippen molar-refractivity contribution >= 4 is 10.0 Å². The summed E-state index contributed by atoms with van der Waals surface area (Å²) in [5.41, 5.74) is 5.38. The molecule has 0 atom stereocenters. The molecule has 0 spiro atoms. The van der Waals surface area contributed by atoms with Crippen molar-refractivity contribution in [2.24, 2.45) is 0 Å². The summed E-state index contributed by atoms with van der Waals surface area (Å²) in [5, 5.41) is 0. The van der Waals surface area contributed by atoms with Gasteiger partial charge in [-0.1, -0.05) is 30.3 Å². The Labute approximate surface area is 161 Å². The van der Waals surface area contributed by atoms with Crippen LogP contribution in [-0.4, -0.2) is 43.3 Å². The fourth-order valence-electron chi connectivity index (χ4n) is 4.69. The highest BCUT2D eigenvalue weighted by Gasteiger charge is 2.40. The van der Waals surface area contributed by atoms with E-state index in [1.807, 2.05) is 18.2 Å². The molecule has 2 aromatic carbocycles. The third-order valence-corrected chi connectivity index (χ3v) is 8.29. The van der Waals surface area contributed by atoms with E-state index in [0.717, 1.165) is 32.4 Å². The minimum absolute atomic E-state index is 0.339. The maximum Gasteiger partial charge on any atom is 0.243 e. The third kappa shape index (κ3) is 3.12. The van der Waals surface area contributed by atoms with Crippen LogP contribution in [0.1, 0.15) is 35.1 Å². The number of fused-ring (bicyclic) bond motifs is 2. The number of hydrogen-bond donors (Lipinski definition) is 0. The zero-order chi connectivity index (χ0) is 18.4. The van der Waals surface area contributed by atoms with Crippen LogP contribution in [0.3, 0.4) is 0 Å². The molecule has 0 unspecified atom stereocenters. The van der Waals surface area contributed by atoms with Gasteiger partial charge in [-0.15, -0.1) is 0 Å². The summed E-state index contributed by atoms with van der Waals surface area (Å²) in [4.78, 5) is 2.92. The number of sulfonamides is 1. The monoisotopic (exact) mass is 382 g/mol. The molecule has 2 aliphatic heterocycles. The van der Waals surface area contributed by atoms with Gasteiger partial charge in [-0.25, -0.2) is 8.42 Å². The highest BCUT2D eigenvalue weighted by atomic mass is 32.2. The van der Waals surface area contributed by atoms with Crippen molar-refractivity contribution < 1.29 is 8.42 Å². The number of nitrogens with zero attached hydrogens (tertiary/aromatic N) is 2. The molecule has 4 nitrogen and oxygen atoms in total. The molecule has 2 heterocycles. The van der Waals surface area contributed by atoms with Crippen LogP contribution in [0.2, 0.25) is 0 Å². The standard InChI is InChI=1S/C22H26N2O2S/c25-27(26,22-10-9-17-5-1-3-7-19(17)13-22)24-15-21(16-24)23-12-11-18-6-2-4-8-20(18)14-23/h2,4,6,8-10,13,21H,1,3,5,7,11-12,14-16H2. The summed E-state index contributed by atoms with van der Waals surface area (Å²) < 4.78 is 27.7. The van der Waals surface area contributed by atoms with Crippen molar-refractivity contribution in [2.75, 3.05) is 19.6 Å². The van der Waals surface area contributed by atoms with Crippen molar-refractivity contribution in [3.8, 4) is 0 Å². The lowest BCUT2D eigenvalue weighted by molar-refractivity contribution is 0.0769. The highest BCUT2D eigenvalue weighted by molar-refractivity contribution is 7.89. The first kappa shape index (κ1) is 17.4. The zero-order valence-electron chi connectivity index (χ0n) is 15.6. The van der Waals surface area contributed by atoms with E-state index in [1.165, 1.54) is 35.1 Å². The van der Waals surface area contributed by atoms with Gasteiger partial charge in [0.1, 0.15) is 0 Å². The molecule has 0 bridgehead atoms. The van der Waals surface area contributed by atoms with Gasteiger partial charge in [-0.2, -0.15) is 4.31 Å². The summed E-state index contributed by atoms with van der Waals surface area (Å²) in [5.74, 6) is 0. The number of aryl methyl sites for hydroxylation is 2. The number of hydrogen-bond acceptors (Lipinski definition) is 3. The second-order valence-electron chi connectivity index (χ2n) is 8.10. The van der Waals surface area contributed by atoms with Gasteiger partial charge in [0, 0.05) is 32.2 Å². The van der Waals surface area contributed by atoms with Gasteiger partial charge in [0.15, 0.2) is 0 Å². The van der Waals surface area contributed by atoms with Crippen LogP contribution >= 0.6 is 0 Å². The Morgan fingerprint density at radius 3 is 2.33 bits per heavy atom. The Morgan fingerprint density at radius 1 is 0.815 bits per heavy atom. The SMILES string of the molecule is O=S(=O)(c1ccc2c(c1)CCCC2)N1CC(N2CCc3ccccc3C2)C1. The molecule has 27 heavy (non-hydrogen) atoms. The van der Waals surface area contributed by atoms with Crippen LogP contribution in [0, 0.1) is 0 Å². The van der Waals surface area contributed by atoms with Crippen molar-refractivity contribution in [3.05, 3.63) is 64.7 Å². The van der Waals surface area contributed by atoms with E-state index in [1.54, 1.807) is 4.31 Å². The average molecular weight is 383 g/mol. The molecule has 0 radical (unpaired) electrons. The smallest absolute Gasteiger partial charge is 0.243 e. The number of rotatable bonds is 3. The quantitative estimate of drug-likeness (QED) is 0.819. The van der Waals surface area contributed by atoms with Gasteiger partial charge in [-0.3, -0.25) is 4.90 Å². The molecule has 142 valence electrons. The van der Waals surface area contributed by atoms with E-state index in [9.17, 15) is 8.42 Å². The first-order valence-electron chi connectivity index (χ1n) is 10.0. The van der Waals surface area contributed by atoms with Crippen LogP contribution in [-0.2, 0) is 35.8 Å². The molecule has 0 aromatic heterocycles. The fourth-order valence-corrected chi connectivity index (χ4v) is 6.26. The Bertz CT molecular complexity index is 964. The average Bonchev–Trinajstić information content (AvgIpc) is 2.66. The molecule has 1 aliphatic carbocycles. The molecule has 1 saturated heterocycles. The van der Waals surface area contributed by atoms with E-state index in [2.05, 4.69) is 29.2 Å². The lowest BCUT2D eigenvalue weighted by Gasteiger charge is -2.46. The van der Waals surface area contributed by atoms with Crippen LogP contribution in [0.15, 0.2) is 47.4 Å².